The van der Waals surface area contributed by atoms with Crippen molar-refractivity contribution in [3.05, 3.63) is 71.0 Å². The summed E-state index contributed by atoms with van der Waals surface area (Å²) < 4.78 is 22.5. The Morgan fingerprint density at radius 3 is 2.68 bits per heavy atom. The van der Waals surface area contributed by atoms with Crippen molar-refractivity contribution in [3.8, 4) is 22.1 Å². The lowest BCUT2D eigenvalue weighted by Crippen LogP contribution is -2.11. The smallest absolute Gasteiger partial charge is 0.355 e. The van der Waals surface area contributed by atoms with Crippen LogP contribution in [0.5, 0.6) is 5.75 Å². The molecule has 11 heteroatoms. The molecule has 2 aromatic carbocycles. The highest BCUT2D eigenvalue weighted by Gasteiger charge is 2.26. The molecule has 4 aromatic rings. The van der Waals surface area contributed by atoms with Crippen molar-refractivity contribution >= 4 is 45.7 Å². The van der Waals surface area contributed by atoms with Crippen LogP contribution in [0.2, 0.25) is 0 Å². The number of benzene rings is 2. The highest BCUT2D eigenvalue weighted by atomic mass is 32.2. The average Bonchev–Trinajstić information content (AvgIpc) is 3.40. The van der Waals surface area contributed by atoms with Gasteiger partial charge in [-0.15, -0.1) is 11.8 Å². The van der Waals surface area contributed by atoms with Gasteiger partial charge in [0.1, 0.15) is 16.7 Å². The Morgan fingerprint density at radius 1 is 1.24 bits per heavy atom. The number of carboxylic acids is 1. The first-order chi connectivity index (χ1) is 17.7. The summed E-state index contributed by atoms with van der Waals surface area (Å²) in [6, 6.07) is 15.1. The van der Waals surface area contributed by atoms with Gasteiger partial charge in [-0.25, -0.2) is 14.0 Å². The van der Waals surface area contributed by atoms with Crippen LogP contribution >= 0.6 is 23.1 Å². The highest BCUT2D eigenvalue weighted by Crippen LogP contribution is 2.41. The minimum atomic E-state index is -1.26. The number of thiazole rings is 1. The molecule has 0 aliphatic heterocycles. The molecule has 2 aromatic heterocycles. The van der Waals surface area contributed by atoms with Gasteiger partial charge in [-0.3, -0.25) is 0 Å². The Kier molecular flexibility index (Phi) is 8.35. The van der Waals surface area contributed by atoms with E-state index in [0.717, 1.165) is 26.8 Å². The number of aryl methyl sites for hydroxylation is 1. The Morgan fingerprint density at radius 2 is 2.00 bits per heavy atom. The van der Waals surface area contributed by atoms with Crippen molar-refractivity contribution in [1.82, 2.24) is 14.8 Å². The molecule has 0 fully saturated rings. The summed E-state index contributed by atoms with van der Waals surface area (Å²) in [4.78, 5) is 17.4. The van der Waals surface area contributed by atoms with Crippen LogP contribution in [0.3, 0.4) is 0 Å². The van der Waals surface area contributed by atoms with Gasteiger partial charge in [-0.1, -0.05) is 55.5 Å². The number of hydrogen-bond acceptors (Lipinski definition) is 7. The molecule has 1 unspecified atom stereocenters. The number of aromatic nitrogens is 3. The number of aromatic carboxylic acids is 1. The topological polar surface area (TPSA) is 106 Å². The van der Waals surface area contributed by atoms with Gasteiger partial charge in [0.05, 0.1) is 22.7 Å². The number of nitrogens with one attached hydrogen (secondary N) is 1. The maximum atomic E-state index is 12.5. The second kappa shape index (κ2) is 11.5. The monoisotopic (exact) mass is 556 g/mol. The number of rotatable bonds is 10. The fourth-order valence-electron chi connectivity index (χ4n) is 3.88. The third kappa shape index (κ3) is 6.06. The molecule has 0 aliphatic rings. The molecule has 2 N–H and O–H groups in total. The van der Waals surface area contributed by atoms with Crippen LogP contribution in [0.25, 0.3) is 16.4 Å². The van der Waals surface area contributed by atoms with E-state index in [1.54, 1.807) is 32.1 Å². The van der Waals surface area contributed by atoms with Crippen LogP contribution in [0, 0.1) is 6.92 Å². The average molecular weight is 557 g/mol. The number of methoxy groups -OCH3 is 1. The van der Waals surface area contributed by atoms with E-state index in [-0.39, 0.29) is 5.69 Å². The number of thioether (sulfide) groups is 1. The molecule has 0 saturated heterocycles. The Hall–Kier alpha value is -3.15. The molecule has 4 rings (SSSR count). The minimum Gasteiger partial charge on any atom is -0.497 e. The molecule has 37 heavy (non-hydrogen) atoms. The molecule has 1 atom stereocenters. The lowest BCUT2D eigenvalue weighted by molar-refractivity contribution is 0.0686. The normalized spacial score (nSPS) is 12.1. The Labute approximate surface area is 226 Å². The second-order valence-electron chi connectivity index (χ2n) is 8.55. The van der Waals surface area contributed by atoms with Crippen molar-refractivity contribution in [2.45, 2.75) is 36.7 Å². The molecule has 8 nitrogen and oxygen atoms in total. The lowest BCUT2D eigenvalue weighted by Gasteiger charge is -2.10. The SMILES string of the molecule is COc1cccc(-c2nc(-n3nc(C)c(Cc4ccccc4NS(C)=O)c3C(=O)O)sc2SC(C)C)c1. The van der Waals surface area contributed by atoms with E-state index >= 15 is 0 Å². The summed E-state index contributed by atoms with van der Waals surface area (Å²) in [6.07, 6.45) is 1.87. The molecule has 0 saturated carbocycles. The van der Waals surface area contributed by atoms with E-state index in [2.05, 4.69) is 23.7 Å². The first-order valence-corrected chi connectivity index (χ1v) is 14.8. The van der Waals surface area contributed by atoms with Crippen LogP contribution < -0.4 is 9.46 Å². The predicted molar refractivity (Wildman–Crippen MR) is 151 cm³/mol. The number of anilines is 1. The van der Waals surface area contributed by atoms with Crippen molar-refractivity contribution in [2.24, 2.45) is 0 Å². The predicted octanol–water partition coefficient (Wildman–Crippen LogP) is 5.81. The van der Waals surface area contributed by atoms with Gasteiger partial charge in [-0.2, -0.15) is 9.78 Å². The van der Waals surface area contributed by atoms with Crippen LogP contribution in [-0.2, 0) is 17.4 Å². The third-order valence-electron chi connectivity index (χ3n) is 5.48. The lowest BCUT2D eigenvalue weighted by atomic mass is 10.0. The summed E-state index contributed by atoms with van der Waals surface area (Å²) in [7, 11) is 0.358. The maximum absolute atomic E-state index is 12.5. The molecule has 0 bridgehead atoms. The molecular weight excluding hydrogens is 529 g/mol. The van der Waals surface area contributed by atoms with Gasteiger partial charge in [0.2, 0.25) is 5.13 Å². The number of ether oxygens (including phenoxy) is 1. The third-order valence-corrected chi connectivity index (χ3v) is 8.23. The first-order valence-electron chi connectivity index (χ1n) is 11.5. The van der Waals surface area contributed by atoms with E-state index in [9.17, 15) is 14.1 Å². The molecule has 0 amide bonds. The summed E-state index contributed by atoms with van der Waals surface area (Å²) in [5.74, 6) is -0.368. The second-order valence-corrected chi connectivity index (χ2v) is 12.5. The van der Waals surface area contributed by atoms with E-state index in [1.165, 1.54) is 16.0 Å². The van der Waals surface area contributed by atoms with Crippen molar-refractivity contribution in [2.75, 3.05) is 18.1 Å². The minimum absolute atomic E-state index is 0.0666. The highest BCUT2D eigenvalue weighted by molar-refractivity contribution is 8.01. The van der Waals surface area contributed by atoms with E-state index in [4.69, 9.17) is 9.72 Å². The number of para-hydroxylation sites is 1. The van der Waals surface area contributed by atoms with Crippen LogP contribution in [0.1, 0.15) is 41.2 Å². The quantitative estimate of drug-likeness (QED) is 0.238. The van der Waals surface area contributed by atoms with Gasteiger partial charge in [0.15, 0.2) is 5.69 Å². The number of carboxylic acid groups (broad SMARTS) is 1. The standard InChI is InChI=1S/C26H28N4O4S3/c1-15(2)35-25-22(18-10-8-11-19(13-18)34-4)27-26(36-25)30-23(24(31)32)20(16(3)28-30)14-17-9-6-7-12-21(17)29-37(5)33/h6-13,15,29H,14H2,1-5H3,(H,31,32). The summed E-state index contributed by atoms with van der Waals surface area (Å²) >= 11 is 3.09. The van der Waals surface area contributed by atoms with Crippen molar-refractivity contribution < 1.29 is 18.8 Å². The fourth-order valence-corrected chi connectivity index (χ4v) is 6.87. The van der Waals surface area contributed by atoms with Crippen LogP contribution in [0.15, 0.2) is 52.7 Å². The molecule has 0 aliphatic carbocycles. The molecule has 0 spiro atoms. The number of nitrogens with zero attached hydrogens (tertiary/aromatic N) is 3. The maximum Gasteiger partial charge on any atom is 0.355 e. The van der Waals surface area contributed by atoms with Gasteiger partial charge in [0, 0.05) is 34.7 Å². The zero-order valence-electron chi connectivity index (χ0n) is 21.1. The Bertz CT molecular complexity index is 1460. The van der Waals surface area contributed by atoms with E-state index in [0.29, 0.717) is 33.7 Å². The van der Waals surface area contributed by atoms with Crippen LogP contribution in [-0.4, -0.2) is 48.7 Å². The summed E-state index contributed by atoms with van der Waals surface area (Å²) in [5.41, 5.74) is 4.42. The fraction of sp³-hybridized carbons (Fsp3) is 0.269. The van der Waals surface area contributed by atoms with Gasteiger partial charge in [-0.05, 0) is 30.7 Å². The molecule has 2 heterocycles. The van der Waals surface area contributed by atoms with E-state index in [1.807, 2.05) is 48.5 Å². The summed E-state index contributed by atoms with van der Waals surface area (Å²) in [5, 5.41) is 15.7. The number of carbonyl (C=O) groups is 1. The largest absolute Gasteiger partial charge is 0.497 e. The van der Waals surface area contributed by atoms with Gasteiger partial charge in [0.25, 0.3) is 0 Å². The first kappa shape index (κ1) is 26.9. The zero-order valence-corrected chi connectivity index (χ0v) is 23.6. The molecule has 0 radical (unpaired) electrons. The zero-order chi connectivity index (χ0) is 26.7. The van der Waals surface area contributed by atoms with E-state index < -0.39 is 17.0 Å². The number of hydrogen-bond donors (Lipinski definition) is 2. The summed E-state index contributed by atoms with van der Waals surface area (Å²) in [6.45, 7) is 6.01. The Balaban J connectivity index is 1.83. The van der Waals surface area contributed by atoms with Crippen molar-refractivity contribution in [3.63, 3.8) is 0 Å². The van der Waals surface area contributed by atoms with Gasteiger partial charge >= 0.3 is 5.97 Å². The molecular formula is C26H28N4O4S3. The van der Waals surface area contributed by atoms with Gasteiger partial charge < -0.3 is 14.6 Å². The van der Waals surface area contributed by atoms with Crippen molar-refractivity contribution in [1.29, 1.82) is 0 Å². The van der Waals surface area contributed by atoms with Crippen LogP contribution in [0.4, 0.5) is 5.69 Å². The molecule has 194 valence electrons.